The zero-order valence-electron chi connectivity index (χ0n) is 7.13. The van der Waals surface area contributed by atoms with Gasteiger partial charge in [0.05, 0.1) is 7.11 Å². The van der Waals surface area contributed by atoms with Crippen LogP contribution in [0, 0.1) is 5.92 Å². The van der Waals surface area contributed by atoms with E-state index in [1.54, 1.807) is 0 Å². The lowest BCUT2D eigenvalue weighted by molar-refractivity contribution is -0.142. The Morgan fingerprint density at radius 3 is 2.73 bits per heavy atom. The predicted octanol–water partition coefficient (Wildman–Crippen LogP) is 1.03. The molecule has 0 saturated carbocycles. The molecule has 0 bridgehead atoms. The Balaban J connectivity index is 2.60. The summed E-state index contributed by atoms with van der Waals surface area (Å²) in [5.74, 6) is 0.216. The average Bonchev–Trinajstić information content (AvgIpc) is 2.31. The molecule has 1 aliphatic heterocycles. The molecule has 0 amide bonds. The topological polar surface area (TPSA) is 38.7 Å². The molecule has 11 heavy (non-hydrogen) atoms. The van der Waals surface area contributed by atoms with E-state index in [4.69, 9.17) is 0 Å². The molecular formula is C8H13NO2. The molecule has 0 aromatic heterocycles. The van der Waals surface area contributed by atoms with E-state index in [0.717, 1.165) is 12.1 Å². The summed E-state index contributed by atoms with van der Waals surface area (Å²) in [6.07, 6.45) is 0.804. The fourth-order valence-electron chi connectivity index (χ4n) is 1.22. The highest BCUT2D eigenvalue weighted by atomic mass is 16.5. The van der Waals surface area contributed by atoms with Gasteiger partial charge in [-0.05, 0) is 19.3 Å². The molecule has 0 aromatic rings. The summed E-state index contributed by atoms with van der Waals surface area (Å²) in [6, 6.07) is -0.241. The third-order valence-corrected chi connectivity index (χ3v) is 2.12. The van der Waals surface area contributed by atoms with Crippen LogP contribution in [0.15, 0.2) is 4.99 Å². The fourth-order valence-corrected chi connectivity index (χ4v) is 1.22. The van der Waals surface area contributed by atoms with Crippen molar-refractivity contribution < 1.29 is 9.53 Å². The van der Waals surface area contributed by atoms with Crippen molar-refractivity contribution in [3.8, 4) is 0 Å². The van der Waals surface area contributed by atoms with Crippen LogP contribution in [0.1, 0.15) is 20.3 Å². The normalized spacial score (nSPS) is 29.9. The third-order valence-electron chi connectivity index (χ3n) is 2.12. The molecule has 0 aromatic carbocycles. The van der Waals surface area contributed by atoms with Gasteiger partial charge in [0.1, 0.15) is 6.04 Å². The van der Waals surface area contributed by atoms with Gasteiger partial charge in [-0.25, -0.2) is 4.79 Å². The average molecular weight is 155 g/mol. The Morgan fingerprint density at radius 2 is 2.36 bits per heavy atom. The van der Waals surface area contributed by atoms with Gasteiger partial charge in [0.15, 0.2) is 0 Å². The van der Waals surface area contributed by atoms with E-state index in [2.05, 4.69) is 16.7 Å². The molecular weight excluding hydrogens is 142 g/mol. The van der Waals surface area contributed by atoms with E-state index in [9.17, 15) is 4.79 Å². The summed E-state index contributed by atoms with van der Waals surface area (Å²) in [5.41, 5.74) is 1.06. The fraction of sp³-hybridized carbons (Fsp3) is 0.750. The minimum absolute atomic E-state index is 0.214. The number of hydrogen-bond donors (Lipinski definition) is 0. The number of hydrogen-bond acceptors (Lipinski definition) is 3. The van der Waals surface area contributed by atoms with Crippen molar-refractivity contribution in [1.29, 1.82) is 0 Å². The van der Waals surface area contributed by atoms with Crippen LogP contribution >= 0.6 is 0 Å². The molecule has 1 heterocycles. The highest BCUT2D eigenvalue weighted by Crippen LogP contribution is 2.20. The van der Waals surface area contributed by atoms with E-state index in [1.807, 2.05) is 6.92 Å². The molecule has 1 rings (SSSR count). The molecule has 0 aliphatic carbocycles. The Bertz CT molecular complexity index is 198. The summed E-state index contributed by atoms with van der Waals surface area (Å²) in [7, 11) is 1.40. The Labute approximate surface area is 66.5 Å². The molecule has 0 N–H and O–H groups in total. The number of carbonyl (C=O) groups excluding carboxylic acids is 1. The van der Waals surface area contributed by atoms with Gasteiger partial charge in [-0.1, -0.05) is 6.92 Å². The monoisotopic (exact) mass is 155 g/mol. The number of nitrogens with zero attached hydrogens (tertiary/aromatic N) is 1. The number of esters is 1. The van der Waals surface area contributed by atoms with E-state index >= 15 is 0 Å². The first-order valence-corrected chi connectivity index (χ1v) is 3.77. The van der Waals surface area contributed by atoms with Crippen LogP contribution in [0.2, 0.25) is 0 Å². The minimum Gasteiger partial charge on any atom is -0.467 e. The van der Waals surface area contributed by atoms with Crippen LogP contribution in [-0.2, 0) is 9.53 Å². The molecule has 0 fully saturated rings. The molecule has 0 spiro atoms. The molecule has 0 unspecified atom stereocenters. The van der Waals surface area contributed by atoms with E-state index in [0.29, 0.717) is 5.92 Å². The zero-order chi connectivity index (χ0) is 8.43. The largest absolute Gasteiger partial charge is 0.467 e. The second kappa shape index (κ2) is 3.03. The van der Waals surface area contributed by atoms with Gasteiger partial charge in [0, 0.05) is 5.71 Å². The molecule has 3 nitrogen and oxygen atoms in total. The van der Waals surface area contributed by atoms with Gasteiger partial charge >= 0.3 is 5.97 Å². The number of aliphatic imine (C=N–C) groups is 1. The lowest BCUT2D eigenvalue weighted by Crippen LogP contribution is -2.18. The van der Waals surface area contributed by atoms with Crippen molar-refractivity contribution in [2.75, 3.05) is 7.11 Å². The summed E-state index contributed by atoms with van der Waals surface area (Å²) < 4.78 is 4.58. The van der Waals surface area contributed by atoms with Crippen molar-refractivity contribution >= 4 is 11.7 Å². The van der Waals surface area contributed by atoms with Crippen molar-refractivity contribution in [3.63, 3.8) is 0 Å². The number of ether oxygens (including phenoxy) is 1. The maximum Gasteiger partial charge on any atom is 0.330 e. The van der Waals surface area contributed by atoms with Crippen molar-refractivity contribution in [2.24, 2.45) is 10.9 Å². The van der Waals surface area contributed by atoms with Crippen molar-refractivity contribution in [2.45, 2.75) is 26.3 Å². The maximum atomic E-state index is 11.0. The van der Waals surface area contributed by atoms with Gasteiger partial charge < -0.3 is 4.74 Å². The molecule has 0 radical (unpaired) electrons. The summed E-state index contributed by atoms with van der Waals surface area (Å²) in [5, 5.41) is 0. The zero-order valence-corrected chi connectivity index (χ0v) is 7.13. The quantitative estimate of drug-likeness (QED) is 0.530. The van der Waals surface area contributed by atoms with Crippen LogP contribution in [0.25, 0.3) is 0 Å². The lowest BCUT2D eigenvalue weighted by atomic mass is 10.0. The predicted molar refractivity (Wildman–Crippen MR) is 42.7 cm³/mol. The number of rotatable bonds is 1. The minimum atomic E-state index is -0.241. The SMILES string of the molecule is COC(=O)[C@@H]1C[C@H](C)C(C)=N1. The van der Waals surface area contributed by atoms with Gasteiger partial charge in [0.25, 0.3) is 0 Å². The molecule has 2 atom stereocenters. The van der Waals surface area contributed by atoms with E-state index in [1.165, 1.54) is 7.11 Å². The Kier molecular flexibility index (Phi) is 2.27. The second-order valence-electron chi connectivity index (χ2n) is 2.95. The molecule has 3 heteroatoms. The van der Waals surface area contributed by atoms with Crippen LogP contribution in [-0.4, -0.2) is 24.8 Å². The van der Waals surface area contributed by atoms with Crippen molar-refractivity contribution in [3.05, 3.63) is 0 Å². The second-order valence-corrected chi connectivity index (χ2v) is 2.95. The first kappa shape index (κ1) is 8.24. The summed E-state index contributed by atoms with van der Waals surface area (Å²) >= 11 is 0. The smallest absolute Gasteiger partial charge is 0.330 e. The molecule has 62 valence electrons. The van der Waals surface area contributed by atoms with Crippen molar-refractivity contribution in [1.82, 2.24) is 0 Å². The Hall–Kier alpha value is -0.860. The summed E-state index contributed by atoms with van der Waals surface area (Å²) in [6.45, 7) is 4.02. The standard InChI is InChI=1S/C8H13NO2/c1-5-4-7(8(10)11-3)9-6(5)2/h5,7H,4H2,1-3H3/t5-,7-/m0/s1. The van der Waals surface area contributed by atoms with Crippen LogP contribution in [0.3, 0.4) is 0 Å². The first-order chi connectivity index (χ1) is 5.15. The van der Waals surface area contributed by atoms with Gasteiger partial charge in [-0.3, -0.25) is 4.99 Å². The Morgan fingerprint density at radius 1 is 1.73 bits per heavy atom. The number of methoxy groups -OCH3 is 1. The van der Waals surface area contributed by atoms with Crippen LogP contribution in [0.5, 0.6) is 0 Å². The molecule has 1 aliphatic rings. The first-order valence-electron chi connectivity index (χ1n) is 3.77. The van der Waals surface area contributed by atoms with Gasteiger partial charge in [-0.15, -0.1) is 0 Å². The highest BCUT2D eigenvalue weighted by molar-refractivity contribution is 5.91. The van der Waals surface area contributed by atoms with E-state index < -0.39 is 0 Å². The lowest BCUT2D eigenvalue weighted by Gasteiger charge is -2.03. The van der Waals surface area contributed by atoms with Gasteiger partial charge in [-0.2, -0.15) is 0 Å². The third kappa shape index (κ3) is 1.59. The highest BCUT2D eigenvalue weighted by Gasteiger charge is 2.27. The number of carbonyl (C=O) groups is 1. The van der Waals surface area contributed by atoms with Crippen LogP contribution < -0.4 is 0 Å². The molecule has 0 saturated heterocycles. The van der Waals surface area contributed by atoms with Crippen LogP contribution in [0.4, 0.5) is 0 Å². The summed E-state index contributed by atoms with van der Waals surface area (Å²) in [4.78, 5) is 15.2. The van der Waals surface area contributed by atoms with Gasteiger partial charge in [0.2, 0.25) is 0 Å². The maximum absolute atomic E-state index is 11.0. The van der Waals surface area contributed by atoms with E-state index in [-0.39, 0.29) is 12.0 Å².